The third kappa shape index (κ3) is 13.6. The van der Waals surface area contributed by atoms with Crippen molar-refractivity contribution in [3.63, 3.8) is 0 Å². The predicted molar refractivity (Wildman–Crippen MR) is 206 cm³/mol. The van der Waals surface area contributed by atoms with Crippen molar-refractivity contribution >= 4 is 28.6 Å². The molecule has 3 aromatic rings. The number of halogens is 11. The van der Waals surface area contributed by atoms with Crippen molar-refractivity contribution < 1.29 is 71.5 Å². The number of hydrogen-bond acceptors (Lipinski definition) is 5. The van der Waals surface area contributed by atoms with Crippen molar-refractivity contribution in [1.82, 2.24) is 0 Å². The lowest BCUT2D eigenvalue weighted by molar-refractivity contribution is -0.396. The third-order valence-electron chi connectivity index (χ3n) is 9.32. The largest absolute Gasteiger partial charge is 0.460 e. The molecule has 0 aliphatic carbocycles. The Bertz CT molecular complexity index is 1860. The fourth-order valence-electron chi connectivity index (χ4n) is 6.37. The Hall–Kier alpha value is -3.78. The minimum Gasteiger partial charge on any atom is -0.459 e. The van der Waals surface area contributed by atoms with Gasteiger partial charge in [0, 0.05) is 12.0 Å². The van der Waals surface area contributed by atoms with Gasteiger partial charge in [-0.05, 0) is 125 Å². The van der Waals surface area contributed by atoms with E-state index in [0.29, 0.717) is 6.42 Å². The number of alkyl halides is 9. The quantitative estimate of drug-likeness (QED) is 0.0351. The van der Waals surface area contributed by atoms with Crippen molar-refractivity contribution in [2.45, 2.75) is 134 Å². The molecule has 0 fully saturated rings. The molecule has 3 rings (SSSR count). The van der Waals surface area contributed by atoms with E-state index in [1.807, 2.05) is 6.92 Å². The van der Waals surface area contributed by atoms with Crippen molar-refractivity contribution in [2.75, 3.05) is 0 Å². The first-order chi connectivity index (χ1) is 27.1. The molecule has 5 nitrogen and oxygen atoms in total. The van der Waals surface area contributed by atoms with E-state index in [-0.39, 0.29) is 52.5 Å². The van der Waals surface area contributed by atoms with Crippen LogP contribution in [0.3, 0.4) is 0 Å². The van der Waals surface area contributed by atoms with E-state index in [1.54, 1.807) is 0 Å². The molecule has 3 aromatic carbocycles. The van der Waals surface area contributed by atoms with Gasteiger partial charge in [0.2, 0.25) is 0 Å². The molecule has 0 amide bonds. The average Bonchev–Trinajstić information content (AvgIpc) is 3.11. The summed E-state index contributed by atoms with van der Waals surface area (Å²) in [6, 6.07) is 14.5. The molecule has 0 unspecified atom stereocenters. The Labute approximate surface area is 338 Å². The molecule has 0 aromatic heterocycles. The van der Waals surface area contributed by atoms with Gasteiger partial charge in [-0.2, -0.15) is 39.5 Å². The van der Waals surface area contributed by atoms with Crippen LogP contribution in [0.5, 0.6) is 5.75 Å². The van der Waals surface area contributed by atoms with E-state index < -0.39 is 83.4 Å². The van der Waals surface area contributed by atoms with Gasteiger partial charge in [0.25, 0.3) is 0 Å². The summed E-state index contributed by atoms with van der Waals surface area (Å²) in [5, 5.41) is 0. The fourth-order valence-corrected chi connectivity index (χ4v) is 14.5. The van der Waals surface area contributed by atoms with Gasteiger partial charge >= 0.3 is 35.9 Å². The lowest BCUT2D eigenvalue weighted by Crippen LogP contribution is -2.60. The fraction of sp³-hybridized carbons (Fsp3) is 0.512. The van der Waals surface area contributed by atoms with Crippen LogP contribution >= 0.6 is 0 Å². The van der Waals surface area contributed by atoms with Gasteiger partial charge < -0.3 is 13.6 Å². The summed E-state index contributed by atoms with van der Waals surface area (Å²) in [5.74, 6) is -23.1. The molecule has 0 N–H and O–H groups in total. The smallest absolute Gasteiger partial charge is 0.459 e. The number of benzene rings is 3. The maximum absolute atomic E-state index is 15.0. The summed E-state index contributed by atoms with van der Waals surface area (Å²) in [6.07, 6.45) is -7.28. The molecule has 0 radical (unpaired) electrons. The predicted octanol–water partition coefficient (Wildman–Crippen LogP) is 13.6. The summed E-state index contributed by atoms with van der Waals surface area (Å²) in [4.78, 5) is 25.5. The van der Waals surface area contributed by atoms with Gasteiger partial charge in [0.15, 0.2) is 28.3 Å². The molecular formula is C41H49F11O5Si2. The summed E-state index contributed by atoms with van der Waals surface area (Å²) < 4.78 is 165. The summed E-state index contributed by atoms with van der Waals surface area (Å²) >= 11 is 0. The first-order valence-electron chi connectivity index (χ1n) is 19.1. The van der Waals surface area contributed by atoms with Crippen LogP contribution in [0.1, 0.15) is 84.6 Å². The second kappa shape index (κ2) is 19.7. The summed E-state index contributed by atoms with van der Waals surface area (Å²) in [7, 11) is -3.27. The van der Waals surface area contributed by atoms with Crippen molar-refractivity contribution in [3.05, 3.63) is 89.0 Å². The highest BCUT2D eigenvalue weighted by Crippen LogP contribution is 2.54. The standard InChI is InChI=1S/C41H49F11O5Si2/c1-27(13-9-8-12-26-59(5,6)57-58(2,3)4)55-36(53)31-19-22-32(23-20-31)56-37(54)30-17-15-28(16-18-30)33-24-21-29(34(42)35(33)43)14-10-7-11-25-38(44,45)39(46,47)40(48,49)41(50,51)52/h15-24,27H,7-14,25-26H2,1-6H3/t27-/m1/s1. The SMILES string of the molecule is C[C@H](CCCCC[Si](C)(C)O[Si](C)(C)C)OC(=O)c1ccc(OC(=O)c2ccc(-c3ccc(CCCCCC(F)(F)C(F)(F)C(F)(F)C(F)(F)F)c(F)c3F)cc2)cc1. The molecule has 1 atom stereocenters. The second-order valence-electron chi connectivity index (χ2n) is 16.1. The van der Waals surface area contributed by atoms with E-state index in [2.05, 4.69) is 32.7 Å². The summed E-state index contributed by atoms with van der Waals surface area (Å²) in [6.45, 7) is 12.9. The molecule has 0 heterocycles. The zero-order valence-electron chi connectivity index (χ0n) is 33.6. The molecule has 0 saturated heterocycles. The zero-order chi connectivity index (χ0) is 44.6. The lowest BCUT2D eigenvalue weighted by Gasteiger charge is -2.33. The number of esters is 2. The Morgan fingerprint density at radius 2 is 1.20 bits per heavy atom. The van der Waals surface area contributed by atoms with E-state index in [4.69, 9.17) is 13.6 Å². The highest BCUT2D eigenvalue weighted by molar-refractivity contribution is 6.84. The number of rotatable bonds is 21. The van der Waals surface area contributed by atoms with Gasteiger partial charge in [0.05, 0.1) is 17.2 Å². The van der Waals surface area contributed by atoms with Gasteiger partial charge in [0.1, 0.15) is 5.75 Å². The first-order valence-corrected chi connectivity index (χ1v) is 25.6. The molecular weight excluding hydrogens is 838 g/mol. The van der Waals surface area contributed by atoms with E-state index in [1.165, 1.54) is 60.7 Å². The van der Waals surface area contributed by atoms with Crippen molar-refractivity contribution in [2.24, 2.45) is 0 Å². The zero-order valence-corrected chi connectivity index (χ0v) is 35.6. The number of aryl methyl sites for hydroxylation is 1. The molecule has 0 saturated carbocycles. The minimum atomic E-state index is -6.97. The lowest BCUT2D eigenvalue weighted by atomic mass is 9.96. The molecule has 18 heteroatoms. The van der Waals surface area contributed by atoms with E-state index >= 15 is 4.39 Å². The summed E-state index contributed by atoms with van der Waals surface area (Å²) in [5.41, 5.74) is 0.0597. The van der Waals surface area contributed by atoms with Gasteiger partial charge in [-0.15, -0.1) is 0 Å². The van der Waals surface area contributed by atoms with Crippen LogP contribution in [-0.2, 0) is 15.3 Å². The number of unbranched alkanes of at least 4 members (excludes halogenated alkanes) is 4. The second-order valence-corrected chi connectivity index (χ2v) is 25.2. The molecule has 328 valence electrons. The monoisotopic (exact) mass is 886 g/mol. The number of carbonyl (C=O) groups is 2. The Kier molecular flexibility index (Phi) is 16.6. The third-order valence-corrected chi connectivity index (χ3v) is 15.5. The number of carbonyl (C=O) groups excluding carboxylic acids is 2. The van der Waals surface area contributed by atoms with Crippen LogP contribution in [0, 0.1) is 11.6 Å². The normalized spacial score (nSPS) is 13.6. The minimum absolute atomic E-state index is 0.0588. The molecule has 59 heavy (non-hydrogen) atoms. The topological polar surface area (TPSA) is 61.8 Å². The highest BCUT2D eigenvalue weighted by Gasteiger charge is 2.81. The van der Waals surface area contributed by atoms with Gasteiger partial charge in [-0.25, -0.2) is 18.4 Å². The Morgan fingerprint density at radius 3 is 1.78 bits per heavy atom. The van der Waals surface area contributed by atoms with Gasteiger partial charge in [-0.3, -0.25) is 0 Å². The highest BCUT2D eigenvalue weighted by atomic mass is 28.4. The van der Waals surface area contributed by atoms with Crippen LogP contribution < -0.4 is 4.74 Å². The van der Waals surface area contributed by atoms with Crippen LogP contribution in [0.15, 0.2) is 60.7 Å². The van der Waals surface area contributed by atoms with Gasteiger partial charge in [-0.1, -0.05) is 43.5 Å². The van der Waals surface area contributed by atoms with E-state index in [9.17, 15) is 53.5 Å². The van der Waals surface area contributed by atoms with E-state index in [0.717, 1.165) is 25.3 Å². The molecule has 0 bridgehead atoms. The molecule has 0 spiro atoms. The first kappa shape index (κ1) is 49.6. The van der Waals surface area contributed by atoms with Crippen molar-refractivity contribution in [1.29, 1.82) is 0 Å². The van der Waals surface area contributed by atoms with Crippen LogP contribution in [0.25, 0.3) is 11.1 Å². The van der Waals surface area contributed by atoms with Crippen LogP contribution in [0.2, 0.25) is 38.8 Å². The maximum atomic E-state index is 15.0. The van der Waals surface area contributed by atoms with Crippen molar-refractivity contribution in [3.8, 4) is 16.9 Å². The number of hydrogen-bond donors (Lipinski definition) is 0. The molecule has 0 aliphatic heterocycles. The Morgan fingerprint density at radius 1 is 0.644 bits per heavy atom. The van der Waals surface area contributed by atoms with Crippen LogP contribution in [0.4, 0.5) is 48.3 Å². The maximum Gasteiger partial charge on any atom is 0.460 e. The Balaban J connectivity index is 1.48. The van der Waals surface area contributed by atoms with Crippen LogP contribution in [-0.4, -0.2) is 58.6 Å². The average molecular weight is 887 g/mol. The number of ether oxygens (including phenoxy) is 2. The molecule has 0 aliphatic rings.